The van der Waals surface area contributed by atoms with Crippen molar-refractivity contribution in [1.82, 2.24) is 5.32 Å². The number of hydrogen-bond acceptors (Lipinski definition) is 3. The fourth-order valence-electron chi connectivity index (χ4n) is 2.30. The maximum atomic E-state index is 11.9. The summed E-state index contributed by atoms with van der Waals surface area (Å²) in [6.45, 7) is 0.722. The SMILES string of the molecule is CSC1(CNC(=O)Cc2ccc(C(=O)O)cc2)CCC1. The van der Waals surface area contributed by atoms with Gasteiger partial charge in [-0.25, -0.2) is 4.79 Å². The quantitative estimate of drug-likeness (QED) is 0.845. The van der Waals surface area contributed by atoms with Gasteiger partial charge in [0, 0.05) is 11.3 Å². The van der Waals surface area contributed by atoms with Crippen molar-refractivity contribution in [2.45, 2.75) is 30.4 Å². The highest BCUT2D eigenvalue weighted by Gasteiger charge is 2.36. The van der Waals surface area contributed by atoms with E-state index in [4.69, 9.17) is 5.11 Å². The maximum absolute atomic E-state index is 11.9. The molecule has 0 unspecified atom stereocenters. The third-order valence-corrected chi connectivity index (χ3v) is 5.29. The fourth-order valence-corrected chi connectivity index (χ4v) is 3.21. The molecule has 0 heterocycles. The highest BCUT2D eigenvalue weighted by atomic mass is 32.2. The van der Waals surface area contributed by atoms with Gasteiger partial charge in [0.05, 0.1) is 12.0 Å². The summed E-state index contributed by atoms with van der Waals surface area (Å²) in [4.78, 5) is 22.6. The lowest BCUT2D eigenvalue weighted by Gasteiger charge is -2.40. The van der Waals surface area contributed by atoms with Gasteiger partial charge in [-0.1, -0.05) is 18.6 Å². The molecule has 1 aromatic rings. The largest absolute Gasteiger partial charge is 0.478 e. The molecule has 4 nitrogen and oxygen atoms in total. The van der Waals surface area contributed by atoms with Gasteiger partial charge in [0.2, 0.25) is 5.91 Å². The molecule has 1 saturated carbocycles. The monoisotopic (exact) mass is 293 g/mol. The van der Waals surface area contributed by atoms with Crippen LogP contribution in [-0.2, 0) is 11.2 Å². The van der Waals surface area contributed by atoms with E-state index >= 15 is 0 Å². The summed E-state index contributed by atoms with van der Waals surface area (Å²) in [6, 6.07) is 6.44. The summed E-state index contributed by atoms with van der Waals surface area (Å²) in [5.41, 5.74) is 1.07. The molecule has 0 spiro atoms. The van der Waals surface area contributed by atoms with Crippen molar-refractivity contribution in [3.8, 4) is 0 Å². The molecule has 0 saturated heterocycles. The van der Waals surface area contributed by atoms with Crippen molar-refractivity contribution in [3.63, 3.8) is 0 Å². The summed E-state index contributed by atoms with van der Waals surface area (Å²) in [7, 11) is 0. The zero-order valence-electron chi connectivity index (χ0n) is 11.5. The van der Waals surface area contributed by atoms with Crippen LogP contribution in [-0.4, -0.2) is 34.5 Å². The van der Waals surface area contributed by atoms with Crippen molar-refractivity contribution in [1.29, 1.82) is 0 Å². The van der Waals surface area contributed by atoms with Gasteiger partial charge in [0.1, 0.15) is 0 Å². The first kappa shape index (κ1) is 14.9. The van der Waals surface area contributed by atoms with Crippen molar-refractivity contribution >= 4 is 23.6 Å². The summed E-state index contributed by atoms with van der Waals surface area (Å²) in [6.07, 6.45) is 5.97. The standard InChI is InChI=1S/C15H19NO3S/c1-20-15(7-2-8-15)10-16-13(17)9-11-3-5-12(6-4-11)14(18)19/h3-6H,2,7-10H2,1H3,(H,16,17)(H,18,19). The first-order valence-electron chi connectivity index (χ1n) is 6.69. The Labute approximate surface area is 123 Å². The number of carbonyl (C=O) groups excluding carboxylic acids is 1. The number of carbonyl (C=O) groups is 2. The van der Waals surface area contributed by atoms with Crippen LogP contribution in [0.3, 0.4) is 0 Å². The van der Waals surface area contributed by atoms with Crippen LogP contribution in [0.4, 0.5) is 0 Å². The summed E-state index contributed by atoms with van der Waals surface area (Å²) >= 11 is 1.83. The second kappa shape index (κ2) is 6.31. The highest BCUT2D eigenvalue weighted by Crippen LogP contribution is 2.42. The number of amides is 1. The number of aromatic carboxylic acids is 1. The second-order valence-corrected chi connectivity index (χ2v) is 6.47. The van der Waals surface area contributed by atoms with Gasteiger partial charge in [-0.3, -0.25) is 4.79 Å². The minimum Gasteiger partial charge on any atom is -0.478 e. The molecule has 1 fully saturated rings. The molecule has 1 aromatic carbocycles. The van der Waals surface area contributed by atoms with Gasteiger partial charge >= 0.3 is 5.97 Å². The summed E-state index contributed by atoms with van der Waals surface area (Å²) < 4.78 is 0.239. The van der Waals surface area contributed by atoms with E-state index in [1.165, 1.54) is 31.4 Å². The van der Waals surface area contributed by atoms with Crippen LogP contribution < -0.4 is 5.32 Å². The smallest absolute Gasteiger partial charge is 0.335 e. The van der Waals surface area contributed by atoms with Gasteiger partial charge in [0.25, 0.3) is 0 Å². The number of rotatable bonds is 6. The van der Waals surface area contributed by atoms with Crippen LogP contribution >= 0.6 is 11.8 Å². The van der Waals surface area contributed by atoms with Crippen LogP contribution in [0, 0.1) is 0 Å². The van der Waals surface area contributed by atoms with Crippen LogP contribution in [0.25, 0.3) is 0 Å². The van der Waals surface area contributed by atoms with Crippen LogP contribution in [0.5, 0.6) is 0 Å². The van der Waals surface area contributed by atoms with Gasteiger partial charge in [-0.2, -0.15) is 11.8 Å². The average Bonchev–Trinajstić information content (AvgIpc) is 2.38. The third kappa shape index (κ3) is 3.54. The lowest BCUT2D eigenvalue weighted by molar-refractivity contribution is -0.120. The topological polar surface area (TPSA) is 66.4 Å². The van der Waals surface area contributed by atoms with E-state index in [-0.39, 0.29) is 16.2 Å². The summed E-state index contributed by atoms with van der Waals surface area (Å²) in [5.74, 6) is -0.957. The molecule has 0 radical (unpaired) electrons. The zero-order chi connectivity index (χ0) is 14.6. The molecule has 1 aliphatic rings. The third-order valence-electron chi connectivity index (χ3n) is 3.87. The number of benzene rings is 1. The van der Waals surface area contributed by atoms with Gasteiger partial charge in [0.15, 0.2) is 0 Å². The maximum Gasteiger partial charge on any atom is 0.335 e. The molecule has 2 rings (SSSR count). The number of nitrogens with one attached hydrogen (secondary N) is 1. The molecule has 2 N–H and O–H groups in total. The predicted octanol–water partition coefficient (Wildman–Crippen LogP) is 2.33. The number of carboxylic acids is 1. The summed E-state index contributed by atoms with van der Waals surface area (Å²) in [5, 5.41) is 11.8. The van der Waals surface area contributed by atoms with E-state index in [9.17, 15) is 9.59 Å². The van der Waals surface area contributed by atoms with Crippen molar-refractivity contribution in [2.24, 2.45) is 0 Å². The molecular weight excluding hydrogens is 274 g/mol. The Morgan fingerprint density at radius 1 is 1.30 bits per heavy atom. The van der Waals surface area contributed by atoms with Crippen LogP contribution in [0.15, 0.2) is 24.3 Å². The lowest BCUT2D eigenvalue weighted by Crippen LogP contribution is -2.45. The van der Waals surface area contributed by atoms with Crippen LogP contribution in [0.2, 0.25) is 0 Å². The fraction of sp³-hybridized carbons (Fsp3) is 0.467. The van der Waals surface area contributed by atoms with E-state index in [0.717, 1.165) is 12.1 Å². The van der Waals surface area contributed by atoms with Crippen molar-refractivity contribution in [2.75, 3.05) is 12.8 Å². The van der Waals surface area contributed by atoms with Crippen molar-refractivity contribution < 1.29 is 14.7 Å². The Hall–Kier alpha value is -1.49. The molecule has 0 bridgehead atoms. The van der Waals surface area contributed by atoms with Gasteiger partial charge in [-0.15, -0.1) is 0 Å². The van der Waals surface area contributed by atoms with E-state index in [0.29, 0.717) is 6.42 Å². The van der Waals surface area contributed by atoms with Gasteiger partial charge < -0.3 is 10.4 Å². The molecule has 1 aliphatic carbocycles. The zero-order valence-corrected chi connectivity index (χ0v) is 12.3. The number of carboxylic acid groups (broad SMARTS) is 1. The lowest BCUT2D eigenvalue weighted by atomic mass is 9.84. The van der Waals surface area contributed by atoms with Crippen LogP contribution in [0.1, 0.15) is 35.2 Å². The highest BCUT2D eigenvalue weighted by molar-refractivity contribution is 8.00. The minimum absolute atomic E-state index is 0.00611. The van der Waals surface area contributed by atoms with E-state index in [2.05, 4.69) is 11.6 Å². The first-order valence-corrected chi connectivity index (χ1v) is 7.91. The van der Waals surface area contributed by atoms with Gasteiger partial charge in [-0.05, 0) is 36.8 Å². The Bertz CT molecular complexity index is 489. The molecule has 0 aromatic heterocycles. The molecule has 5 heteroatoms. The molecule has 108 valence electrons. The predicted molar refractivity (Wildman–Crippen MR) is 80.2 cm³/mol. The number of thioether (sulfide) groups is 1. The average molecular weight is 293 g/mol. The molecule has 0 atom stereocenters. The molecule has 0 aliphatic heterocycles. The minimum atomic E-state index is -0.951. The molecule has 1 amide bonds. The van der Waals surface area contributed by atoms with E-state index < -0.39 is 5.97 Å². The van der Waals surface area contributed by atoms with Crippen molar-refractivity contribution in [3.05, 3.63) is 35.4 Å². The van der Waals surface area contributed by atoms with E-state index in [1.807, 2.05) is 11.8 Å². The Morgan fingerprint density at radius 3 is 2.40 bits per heavy atom. The Morgan fingerprint density at radius 2 is 1.95 bits per heavy atom. The molecule has 20 heavy (non-hydrogen) atoms. The Balaban J connectivity index is 1.83. The molecular formula is C15H19NO3S. The Kier molecular flexibility index (Phi) is 4.70. The normalized spacial score (nSPS) is 16.2. The second-order valence-electron chi connectivity index (χ2n) is 5.20. The van der Waals surface area contributed by atoms with E-state index in [1.54, 1.807) is 12.1 Å². The number of hydrogen-bond donors (Lipinski definition) is 2. The first-order chi connectivity index (χ1) is 9.54.